The predicted octanol–water partition coefficient (Wildman–Crippen LogP) is 3.60. The molecule has 0 radical (unpaired) electrons. The van der Waals surface area contributed by atoms with Crippen LogP contribution in [-0.2, 0) is 0 Å². The fraction of sp³-hybridized carbons (Fsp3) is 0.375. The number of hydrogen-bond acceptors (Lipinski definition) is 4. The molecule has 1 saturated carbocycles. The van der Waals surface area contributed by atoms with Crippen molar-refractivity contribution in [2.45, 2.75) is 25.7 Å². The monoisotopic (exact) mass is 335 g/mol. The minimum atomic E-state index is -0.382. The molecule has 7 heteroatoms. The Labute approximate surface area is 139 Å². The average molecular weight is 336 g/mol. The molecule has 2 N–H and O–H groups in total. The predicted molar refractivity (Wildman–Crippen MR) is 87.7 cm³/mol. The molecule has 1 aliphatic rings. The lowest BCUT2D eigenvalue weighted by Crippen LogP contribution is -2.14. The molecule has 3 rings (SSSR count). The van der Waals surface area contributed by atoms with E-state index in [1.807, 2.05) is 6.92 Å². The third kappa shape index (κ3) is 3.27. The fourth-order valence-corrected chi connectivity index (χ4v) is 2.66. The number of anilines is 1. The molecule has 1 aromatic heterocycles. The van der Waals surface area contributed by atoms with Gasteiger partial charge < -0.3 is 14.8 Å². The number of ether oxygens (including phenoxy) is 2. The Morgan fingerprint density at radius 1 is 1.48 bits per heavy atom. The van der Waals surface area contributed by atoms with Crippen LogP contribution in [0.2, 0.25) is 5.02 Å². The second kappa shape index (κ2) is 6.50. The molecule has 1 amide bonds. The van der Waals surface area contributed by atoms with E-state index in [-0.39, 0.29) is 11.6 Å². The number of amides is 1. The number of carbonyl (C=O) groups is 1. The van der Waals surface area contributed by atoms with Crippen LogP contribution in [0.5, 0.6) is 11.5 Å². The molecule has 0 saturated heterocycles. The van der Waals surface area contributed by atoms with Gasteiger partial charge in [-0.15, -0.1) is 0 Å². The summed E-state index contributed by atoms with van der Waals surface area (Å²) in [6, 6.07) is 5.22. The molecule has 0 unspecified atom stereocenters. The number of carbonyl (C=O) groups excluding carboxylic acids is 1. The number of nitrogens with one attached hydrogen (secondary N) is 2. The van der Waals surface area contributed by atoms with Gasteiger partial charge in [0.2, 0.25) is 0 Å². The van der Waals surface area contributed by atoms with Crippen LogP contribution < -0.4 is 14.8 Å². The summed E-state index contributed by atoms with van der Waals surface area (Å²) in [6.45, 7) is 2.37. The van der Waals surface area contributed by atoms with Gasteiger partial charge in [0.1, 0.15) is 11.5 Å². The van der Waals surface area contributed by atoms with Gasteiger partial charge in [-0.2, -0.15) is 5.10 Å². The summed E-state index contributed by atoms with van der Waals surface area (Å²) in [5.41, 5.74) is 1.55. The molecule has 1 aromatic carbocycles. The van der Waals surface area contributed by atoms with Gasteiger partial charge in [-0.1, -0.05) is 11.6 Å². The molecule has 1 fully saturated rings. The number of aromatic amines is 1. The smallest absolute Gasteiger partial charge is 0.277 e. The average Bonchev–Trinajstić information content (AvgIpc) is 3.31. The Balaban J connectivity index is 1.84. The van der Waals surface area contributed by atoms with E-state index in [4.69, 9.17) is 21.1 Å². The second-order valence-electron chi connectivity index (χ2n) is 5.32. The number of H-pyrrole nitrogens is 1. The Morgan fingerprint density at radius 2 is 2.26 bits per heavy atom. The highest BCUT2D eigenvalue weighted by Gasteiger charge is 2.30. The third-order valence-corrected chi connectivity index (χ3v) is 4.05. The second-order valence-corrected chi connectivity index (χ2v) is 5.70. The van der Waals surface area contributed by atoms with Gasteiger partial charge in [-0.25, -0.2) is 0 Å². The molecule has 0 bridgehead atoms. The lowest BCUT2D eigenvalue weighted by Gasteiger charge is -2.12. The van der Waals surface area contributed by atoms with E-state index >= 15 is 0 Å². The minimum absolute atomic E-state index is 0.193. The van der Waals surface area contributed by atoms with Crippen molar-refractivity contribution < 1.29 is 14.3 Å². The Kier molecular flexibility index (Phi) is 4.43. The van der Waals surface area contributed by atoms with Crippen molar-refractivity contribution in [1.82, 2.24) is 10.2 Å². The lowest BCUT2D eigenvalue weighted by atomic mass is 10.2. The number of rotatable bonds is 6. The van der Waals surface area contributed by atoms with E-state index in [9.17, 15) is 4.79 Å². The summed E-state index contributed by atoms with van der Waals surface area (Å²) in [6.07, 6.45) is 2.15. The summed E-state index contributed by atoms with van der Waals surface area (Å²) < 4.78 is 10.7. The van der Waals surface area contributed by atoms with Crippen molar-refractivity contribution in [1.29, 1.82) is 0 Å². The molecule has 1 heterocycles. The van der Waals surface area contributed by atoms with E-state index in [2.05, 4.69) is 15.5 Å². The maximum absolute atomic E-state index is 12.5. The van der Waals surface area contributed by atoms with Gasteiger partial charge in [-0.05, 0) is 31.9 Å². The largest absolute Gasteiger partial charge is 0.497 e. The highest BCUT2D eigenvalue weighted by Crippen LogP contribution is 2.43. The van der Waals surface area contributed by atoms with Crippen LogP contribution in [-0.4, -0.2) is 29.8 Å². The van der Waals surface area contributed by atoms with E-state index in [1.165, 1.54) is 0 Å². The van der Waals surface area contributed by atoms with Crippen LogP contribution in [0.4, 0.5) is 5.69 Å². The first-order valence-electron chi connectivity index (χ1n) is 7.50. The number of nitrogens with zero attached hydrogens (tertiary/aromatic N) is 1. The normalized spacial score (nSPS) is 13.7. The summed E-state index contributed by atoms with van der Waals surface area (Å²) in [5.74, 6) is 1.20. The molecule has 6 nitrogen and oxygen atoms in total. The van der Waals surface area contributed by atoms with Crippen LogP contribution in [0.1, 0.15) is 41.9 Å². The van der Waals surface area contributed by atoms with Crippen molar-refractivity contribution in [3.8, 4) is 11.5 Å². The van der Waals surface area contributed by atoms with Crippen LogP contribution in [0.15, 0.2) is 18.2 Å². The van der Waals surface area contributed by atoms with Crippen LogP contribution in [0.25, 0.3) is 0 Å². The Morgan fingerprint density at radius 3 is 2.91 bits per heavy atom. The van der Waals surface area contributed by atoms with E-state index in [0.29, 0.717) is 34.7 Å². The molecular weight excluding hydrogens is 318 g/mol. The Hall–Kier alpha value is -2.21. The SMILES string of the molecule is CCOc1ccc(OC)cc1NC(=O)c1n[nH]c(C2CC2)c1Cl. The zero-order valence-electron chi connectivity index (χ0n) is 13.0. The van der Waals surface area contributed by atoms with Gasteiger partial charge in [0, 0.05) is 12.0 Å². The zero-order chi connectivity index (χ0) is 16.4. The maximum Gasteiger partial charge on any atom is 0.277 e. The molecule has 1 aliphatic carbocycles. The summed E-state index contributed by atoms with van der Waals surface area (Å²) >= 11 is 6.27. The number of hydrogen-bond donors (Lipinski definition) is 2. The minimum Gasteiger partial charge on any atom is -0.497 e. The number of halogens is 1. The first kappa shape index (κ1) is 15.7. The summed E-state index contributed by atoms with van der Waals surface area (Å²) in [5, 5.41) is 10.1. The highest BCUT2D eigenvalue weighted by atomic mass is 35.5. The highest BCUT2D eigenvalue weighted by molar-refractivity contribution is 6.34. The topological polar surface area (TPSA) is 76.2 Å². The first-order valence-corrected chi connectivity index (χ1v) is 7.87. The third-order valence-electron chi connectivity index (χ3n) is 3.67. The van der Waals surface area contributed by atoms with Gasteiger partial charge in [0.25, 0.3) is 5.91 Å². The molecule has 23 heavy (non-hydrogen) atoms. The van der Waals surface area contributed by atoms with E-state index in [0.717, 1.165) is 18.5 Å². The van der Waals surface area contributed by atoms with Gasteiger partial charge in [0.05, 0.1) is 30.1 Å². The lowest BCUT2D eigenvalue weighted by molar-refractivity contribution is 0.102. The number of aromatic nitrogens is 2. The molecule has 0 aliphatic heterocycles. The van der Waals surface area contributed by atoms with E-state index < -0.39 is 0 Å². The quantitative estimate of drug-likeness (QED) is 0.845. The van der Waals surface area contributed by atoms with Crippen molar-refractivity contribution >= 4 is 23.2 Å². The van der Waals surface area contributed by atoms with E-state index in [1.54, 1.807) is 25.3 Å². The number of benzene rings is 1. The van der Waals surface area contributed by atoms with Crippen molar-refractivity contribution in [3.05, 3.63) is 34.6 Å². The fourth-order valence-electron chi connectivity index (χ4n) is 2.33. The zero-order valence-corrected chi connectivity index (χ0v) is 13.7. The molecule has 0 atom stereocenters. The van der Waals surface area contributed by atoms with Crippen LogP contribution in [0, 0.1) is 0 Å². The maximum atomic E-state index is 12.5. The standard InChI is InChI=1S/C16H18ClN3O3/c1-3-23-12-7-6-10(22-2)8-11(12)18-16(21)15-13(17)14(19-20-15)9-4-5-9/h6-9H,3-5H2,1-2H3,(H,18,21)(H,19,20). The van der Waals surface area contributed by atoms with Crippen molar-refractivity contribution in [2.75, 3.05) is 19.0 Å². The molecule has 122 valence electrons. The Bertz CT molecular complexity index is 725. The van der Waals surface area contributed by atoms with Gasteiger partial charge in [-0.3, -0.25) is 9.89 Å². The van der Waals surface area contributed by atoms with Crippen molar-refractivity contribution in [3.63, 3.8) is 0 Å². The summed E-state index contributed by atoms with van der Waals surface area (Å²) in [7, 11) is 1.56. The van der Waals surface area contributed by atoms with Gasteiger partial charge in [0.15, 0.2) is 5.69 Å². The summed E-state index contributed by atoms with van der Waals surface area (Å²) in [4.78, 5) is 12.5. The first-order chi connectivity index (χ1) is 11.1. The van der Waals surface area contributed by atoms with Crippen LogP contribution >= 0.6 is 11.6 Å². The van der Waals surface area contributed by atoms with Gasteiger partial charge >= 0.3 is 0 Å². The molecular formula is C16H18ClN3O3. The molecule has 0 spiro atoms. The number of methoxy groups -OCH3 is 1. The van der Waals surface area contributed by atoms with Crippen LogP contribution in [0.3, 0.4) is 0 Å². The van der Waals surface area contributed by atoms with Crippen molar-refractivity contribution in [2.24, 2.45) is 0 Å². The molecule has 2 aromatic rings.